The Labute approximate surface area is 216 Å². The first kappa shape index (κ1) is 25.8. The van der Waals surface area contributed by atoms with Crippen molar-refractivity contribution in [2.75, 3.05) is 24.1 Å². The lowest BCUT2D eigenvalue weighted by atomic mass is 9.84. The Bertz CT molecular complexity index is 1310. The molecule has 1 fully saturated rings. The average Bonchev–Trinajstić information content (AvgIpc) is 3.33. The number of rotatable bonds is 5. The van der Waals surface area contributed by atoms with Crippen LogP contribution in [0.25, 0.3) is 10.9 Å². The Hall–Kier alpha value is -2.87. The molecule has 3 N–H and O–H groups in total. The average molecular weight is 512 g/mol. The number of aryl methyl sites for hydroxylation is 2. The molecule has 1 aliphatic carbocycles. The molecule has 2 heterocycles. The van der Waals surface area contributed by atoms with Crippen molar-refractivity contribution in [3.8, 4) is 0 Å². The van der Waals surface area contributed by atoms with Gasteiger partial charge in [-0.05, 0) is 125 Å². The van der Waals surface area contributed by atoms with Crippen molar-refractivity contribution in [3.63, 3.8) is 0 Å². The van der Waals surface area contributed by atoms with Gasteiger partial charge in [-0.2, -0.15) is 13.2 Å². The molecule has 3 aromatic rings. The van der Waals surface area contributed by atoms with Gasteiger partial charge in [-0.3, -0.25) is 0 Å². The molecule has 1 atom stereocenters. The number of fused-ring (bicyclic) bond motifs is 3. The zero-order valence-electron chi connectivity index (χ0n) is 22.0. The Morgan fingerprint density at radius 3 is 2.38 bits per heavy atom. The second kappa shape index (κ2) is 9.78. The van der Waals surface area contributed by atoms with Gasteiger partial charge in [0.05, 0.1) is 17.1 Å². The zero-order chi connectivity index (χ0) is 26.5. The number of hydrogen-bond donors (Lipinski definition) is 2. The van der Waals surface area contributed by atoms with Gasteiger partial charge < -0.3 is 16.0 Å². The molecule has 198 valence electrons. The number of alkyl halides is 3. The third kappa shape index (κ3) is 5.13. The van der Waals surface area contributed by atoms with Crippen LogP contribution in [0.15, 0.2) is 24.3 Å². The third-order valence-corrected chi connectivity index (χ3v) is 8.07. The van der Waals surface area contributed by atoms with Gasteiger partial charge in [0, 0.05) is 17.1 Å². The molecule has 1 aliphatic heterocycles. The Morgan fingerprint density at radius 1 is 1.00 bits per heavy atom. The SMILES string of the molecule is Cc1nc(N[C@H](C)c2cc(N)cc(C(F)(F)F)c2)c2cc(C3CCN(C(C)C)CC3)c3c(c2n1)CCC3. The van der Waals surface area contributed by atoms with Gasteiger partial charge >= 0.3 is 6.18 Å². The van der Waals surface area contributed by atoms with E-state index >= 15 is 0 Å². The zero-order valence-corrected chi connectivity index (χ0v) is 22.0. The lowest BCUT2D eigenvalue weighted by Crippen LogP contribution is -2.38. The van der Waals surface area contributed by atoms with E-state index < -0.39 is 17.8 Å². The lowest BCUT2D eigenvalue weighted by molar-refractivity contribution is -0.137. The highest BCUT2D eigenvalue weighted by molar-refractivity contribution is 5.93. The molecular formula is C29H36F3N5. The van der Waals surface area contributed by atoms with E-state index in [-0.39, 0.29) is 5.69 Å². The summed E-state index contributed by atoms with van der Waals surface area (Å²) in [4.78, 5) is 12.1. The Balaban J connectivity index is 1.54. The van der Waals surface area contributed by atoms with Crippen LogP contribution in [0.5, 0.6) is 0 Å². The quantitative estimate of drug-likeness (QED) is 0.369. The van der Waals surface area contributed by atoms with Crippen molar-refractivity contribution in [2.24, 2.45) is 0 Å². The van der Waals surface area contributed by atoms with E-state index in [1.807, 2.05) is 13.8 Å². The fraction of sp³-hybridized carbons (Fsp3) is 0.517. The molecule has 5 nitrogen and oxygen atoms in total. The van der Waals surface area contributed by atoms with Crippen LogP contribution in [0, 0.1) is 6.92 Å². The lowest BCUT2D eigenvalue weighted by Gasteiger charge is -2.35. The molecule has 1 saturated heterocycles. The summed E-state index contributed by atoms with van der Waals surface area (Å²) >= 11 is 0. The molecule has 0 spiro atoms. The topological polar surface area (TPSA) is 67.1 Å². The number of aromatic nitrogens is 2. The van der Waals surface area contributed by atoms with E-state index in [1.54, 1.807) is 6.07 Å². The molecule has 8 heteroatoms. The normalized spacial score (nSPS) is 17.9. The summed E-state index contributed by atoms with van der Waals surface area (Å²) in [5.41, 5.74) is 10.8. The summed E-state index contributed by atoms with van der Waals surface area (Å²) in [5, 5.41) is 4.37. The van der Waals surface area contributed by atoms with E-state index in [2.05, 4.69) is 30.1 Å². The number of nitrogen functional groups attached to an aromatic ring is 1. The molecule has 0 bridgehead atoms. The van der Waals surface area contributed by atoms with E-state index in [0.717, 1.165) is 68.2 Å². The first-order valence-electron chi connectivity index (χ1n) is 13.3. The maximum Gasteiger partial charge on any atom is 0.416 e. The number of likely N-dealkylation sites (tertiary alicyclic amines) is 1. The van der Waals surface area contributed by atoms with Gasteiger partial charge in [-0.1, -0.05) is 0 Å². The van der Waals surface area contributed by atoms with Crippen LogP contribution in [0.4, 0.5) is 24.7 Å². The minimum Gasteiger partial charge on any atom is -0.399 e. The second-order valence-electron chi connectivity index (χ2n) is 10.9. The fourth-order valence-corrected chi connectivity index (χ4v) is 6.09. The molecule has 0 amide bonds. The minimum atomic E-state index is -4.46. The maximum atomic E-state index is 13.4. The Kier molecular flexibility index (Phi) is 6.81. The van der Waals surface area contributed by atoms with Gasteiger partial charge in [-0.25, -0.2) is 9.97 Å². The number of nitrogens with two attached hydrogens (primary N) is 1. The predicted molar refractivity (Wildman–Crippen MR) is 143 cm³/mol. The molecule has 2 aromatic carbocycles. The molecule has 2 aliphatic rings. The predicted octanol–water partition coefficient (Wildman–Crippen LogP) is 6.79. The molecule has 0 radical (unpaired) electrons. The maximum absolute atomic E-state index is 13.4. The molecular weight excluding hydrogens is 475 g/mol. The largest absolute Gasteiger partial charge is 0.416 e. The molecule has 5 rings (SSSR count). The van der Waals surface area contributed by atoms with Gasteiger partial charge in [-0.15, -0.1) is 0 Å². The van der Waals surface area contributed by atoms with Crippen molar-refractivity contribution in [1.29, 1.82) is 0 Å². The number of benzene rings is 2. The highest BCUT2D eigenvalue weighted by atomic mass is 19.4. The van der Waals surface area contributed by atoms with Crippen molar-refractivity contribution in [3.05, 3.63) is 57.9 Å². The molecule has 1 aromatic heterocycles. The third-order valence-electron chi connectivity index (χ3n) is 8.07. The number of hydrogen-bond acceptors (Lipinski definition) is 5. The highest BCUT2D eigenvalue weighted by Gasteiger charge is 2.32. The number of nitrogens with zero attached hydrogens (tertiary/aromatic N) is 3. The fourth-order valence-electron chi connectivity index (χ4n) is 6.09. The summed E-state index contributed by atoms with van der Waals surface area (Å²) in [6, 6.07) is 6.13. The monoisotopic (exact) mass is 511 g/mol. The summed E-state index contributed by atoms with van der Waals surface area (Å²) in [7, 11) is 0. The summed E-state index contributed by atoms with van der Waals surface area (Å²) in [6.07, 6.45) is 1.01. The van der Waals surface area contributed by atoms with Crippen LogP contribution in [0.2, 0.25) is 0 Å². The van der Waals surface area contributed by atoms with Crippen LogP contribution in [0.1, 0.15) is 85.6 Å². The van der Waals surface area contributed by atoms with Gasteiger partial charge in [0.25, 0.3) is 0 Å². The molecule has 0 unspecified atom stereocenters. The summed E-state index contributed by atoms with van der Waals surface area (Å²) in [5.74, 6) is 1.82. The van der Waals surface area contributed by atoms with Crippen LogP contribution >= 0.6 is 0 Å². The number of piperidine rings is 1. The first-order valence-corrected chi connectivity index (χ1v) is 13.3. The number of halogens is 3. The Morgan fingerprint density at radius 2 is 1.70 bits per heavy atom. The van der Waals surface area contributed by atoms with Crippen LogP contribution < -0.4 is 11.1 Å². The van der Waals surface area contributed by atoms with E-state index in [0.29, 0.717) is 29.2 Å². The summed E-state index contributed by atoms with van der Waals surface area (Å²) in [6.45, 7) is 10.4. The highest BCUT2D eigenvalue weighted by Crippen LogP contribution is 2.41. The van der Waals surface area contributed by atoms with E-state index in [1.165, 1.54) is 16.7 Å². The van der Waals surface area contributed by atoms with Crippen molar-refractivity contribution >= 4 is 22.4 Å². The minimum absolute atomic E-state index is 0.0926. The van der Waals surface area contributed by atoms with Gasteiger partial charge in [0.2, 0.25) is 0 Å². The number of nitrogens with one attached hydrogen (secondary N) is 1. The van der Waals surface area contributed by atoms with Crippen molar-refractivity contribution < 1.29 is 13.2 Å². The van der Waals surface area contributed by atoms with E-state index in [4.69, 9.17) is 15.7 Å². The second-order valence-corrected chi connectivity index (χ2v) is 10.9. The summed E-state index contributed by atoms with van der Waals surface area (Å²) < 4.78 is 40.2. The van der Waals surface area contributed by atoms with E-state index in [9.17, 15) is 13.2 Å². The standard InChI is InChI=1S/C29H36F3N5/c1-16(2)37-10-8-19(9-11-37)25-15-26-27(24-7-5-6-23(24)25)35-18(4)36-28(26)34-17(3)20-12-21(29(30,31)32)14-22(33)13-20/h12-17,19H,5-11,33H2,1-4H3,(H,34,35,36)/t17-/m1/s1. The van der Waals surface area contributed by atoms with Crippen molar-refractivity contribution in [2.45, 2.75) is 84.0 Å². The molecule has 0 saturated carbocycles. The smallest absolute Gasteiger partial charge is 0.399 e. The first-order chi connectivity index (χ1) is 17.5. The molecule has 37 heavy (non-hydrogen) atoms. The van der Waals surface area contributed by atoms with Crippen LogP contribution in [-0.4, -0.2) is 34.0 Å². The van der Waals surface area contributed by atoms with Crippen LogP contribution in [-0.2, 0) is 19.0 Å². The number of anilines is 2. The van der Waals surface area contributed by atoms with Crippen molar-refractivity contribution in [1.82, 2.24) is 14.9 Å². The van der Waals surface area contributed by atoms with Crippen LogP contribution in [0.3, 0.4) is 0 Å². The van der Waals surface area contributed by atoms with Gasteiger partial charge in [0.1, 0.15) is 11.6 Å². The van der Waals surface area contributed by atoms with Gasteiger partial charge in [0.15, 0.2) is 0 Å².